The van der Waals surface area contributed by atoms with Gasteiger partial charge in [-0.25, -0.2) is 18.7 Å². The van der Waals surface area contributed by atoms with E-state index in [0.717, 1.165) is 18.7 Å². The number of nitrogens with zero attached hydrogens (tertiary/aromatic N) is 5. The SMILES string of the molecule is CCOc1ccc(N(N2CCOCC2)S(=O)O)cc1-c1nn2c(C(CC)CC)nc(C)c2c(=O)[nH]1. The molecule has 190 valence electrons. The Morgan fingerprint density at radius 3 is 2.60 bits per heavy atom. The number of hydrazine groups is 1. The second-order valence-corrected chi connectivity index (χ2v) is 9.12. The Hall–Kier alpha value is -2.80. The first-order valence-corrected chi connectivity index (χ1v) is 13.0. The molecular weight excluding hydrogens is 472 g/mol. The zero-order valence-corrected chi connectivity index (χ0v) is 21.3. The number of H-pyrrole nitrogens is 1. The highest BCUT2D eigenvalue weighted by Crippen LogP contribution is 2.33. The number of aromatic amines is 1. The lowest BCUT2D eigenvalue weighted by Gasteiger charge is -2.35. The summed E-state index contributed by atoms with van der Waals surface area (Å²) < 4.78 is 36.6. The molecule has 0 radical (unpaired) electrons. The second kappa shape index (κ2) is 10.9. The largest absolute Gasteiger partial charge is 0.493 e. The molecule has 1 aliphatic rings. The van der Waals surface area contributed by atoms with E-state index in [9.17, 15) is 13.6 Å². The van der Waals surface area contributed by atoms with Crippen LogP contribution in [-0.2, 0) is 16.0 Å². The molecule has 4 rings (SSSR count). The van der Waals surface area contributed by atoms with Gasteiger partial charge in [0.2, 0.25) is 0 Å². The van der Waals surface area contributed by atoms with Crippen molar-refractivity contribution >= 4 is 22.5 Å². The van der Waals surface area contributed by atoms with Crippen LogP contribution in [0.25, 0.3) is 16.9 Å². The van der Waals surface area contributed by atoms with Crippen molar-refractivity contribution in [3.8, 4) is 17.1 Å². The highest BCUT2D eigenvalue weighted by Gasteiger charge is 2.26. The second-order valence-electron chi connectivity index (χ2n) is 8.32. The predicted octanol–water partition coefficient (Wildman–Crippen LogP) is 2.89. The number of ether oxygens (including phenoxy) is 2. The van der Waals surface area contributed by atoms with E-state index in [2.05, 4.69) is 23.8 Å². The van der Waals surface area contributed by atoms with E-state index in [4.69, 9.17) is 14.6 Å². The molecule has 0 aliphatic carbocycles. The molecule has 1 unspecified atom stereocenters. The fourth-order valence-electron chi connectivity index (χ4n) is 4.42. The van der Waals surface area contributed by atoms with E-state index in [-0.39, 0.29) is 11.5 Å². The number of nitrogens with one attached hydrogen (secondary N) is 1. The van der Waals surface area contributed by atoms with Crippen molar-refractivity contribution in [1.29, 1.82) is 0 Å². The van der Waals surface area contributed by atoms with E-state index in [1.54, 1.807) is 34.6 Å². The first-order valence-electron chi connectivity index (χ1n) is 11.9. The number of fused-ring (bicyclic) bond motifs is 1. The monoisotopic (exact) mass is 504 g/mol. The normalized spacial score (nSPS) is 15.6. The predicted molar refractivity (Wildman–Crippen MR) is 134 cm³/mol. The van der Waals surface area contributed by atoms with Gasteiger partial charge in [0, 0.05) is 19.0 Å². The van der Waals surface area contributed by atoms with E-state index in [1.807, 2.05) is 6.92 Å². The van der Waals surface area contributed by atoms with Crippen molar-refractivity contribution in [3.63, 3.8) is 0 Å². The lowest BCUT2D eigenvalue weighted by atomic mass is 10.0. The number of hydrogen-bond donors (Lipinski definition) is 2. The van der Waals surface area contributed by atoms with Gasteiger partial charge in [0.25, 0.3) is 16.8 Å². The summed E-state index contributed by atoms with van der Waals surface area (Å²) in [6.07, 6.45) is 1.74. The Kier molecular flexibility index (Phi) is 7.85. The number of aromatic nitrogens is 4. The van der Waals surface area contributed by atoms with Crippen LogP contribution in [0.1, 0.15) is 51.0 Å². The smallest absolute Gasteiger partial charge is 0.277 e. The van der Waals surface area contributed by atoms with Crippen LogP contribution >= 0.6 is 0 Å². The molecule has 2 aromatic heterocycles. The van der Waals surface area contributed by atoms with Gasteiger partial charge < -0.3 is 14.5 Å². The maximum atomic E-state index is 13.1. The Bertz CT molecular complexity index is 1270. The summed E-state index contributed by atoms with van der Waals surface area (Å²) in [4.78, 5) is 20.7. The third-order valence-corrected chi connectivity index (χ3v) is 6.92. The summed E-state index contributed by atoms with van der Waals surface area (Å²) in [5.41, 5.74) is 1.71. The standard InChI is InChI=1S/C23H32N6O5S/c1-5-16(6-2)22-24-15(4)20-23(30)25-21(26-28(20)22)18-14-17(8-9-19(18)34-7-3)29(35(31)32)27-10-12-33-13-11-27/h8-9,14,16H,5-7,10-13H2,1-4H3,(H,31,32)(H,25,26,30). The molecule has 35 heavy (non-hydrogen) atoms. The van der Waals surface area contributed by atoms with Crippen LogP contribution in [0.4, 0.5) is 5.69 Å². The molecule has 0 bridgehead atoms. The maximum absolute atomic E-state index is 13.1. The van der Waals surface area contributed by atoms with E-state index < -0.39 is 11.3 Å². The molecule has 2 N–H and O–H groups in total. The van der Waals surface area contributed by atoms with Crippen LogP contribution in [0.3, 0.4) is 0 Å². The first-order chi connectivity index (χ1) is 16.9. The maximum Gasteiger partial charge on any atom is 0.277 e. The van der Waals surface area contributed by atoms with E-state index in [1.165, 1.54) is 4.41 Å². The van der Waals surface area contributed by atoms with Crippen LogP contribution in [0.5, 0.6) is 5.75 Å². The lowest BCUT2D eigenvalue weighted by Crippen LogP contribution is -2.49. The fraction of sp³-hybridized carbons (Fsp3) is 0.522. The molecule has 0 saturated carbocycles. The van der Waals surface area contributed by atoms with E-state index >= 15 is 0 Å². The van der Waals surface area contributed by atoms with Crippen LogP contribution in [0.15, 0.2) is 23.0 Å². The third-order valence-electron chi connectivity index (χ3n) is 6.18. The fourth-order valence-corrected chi connectivity index (χ4v) is 5.08. The average molecular weight is 505 g/mol. The molecule has 11 nitrogen and oxygen atoms in total. The molecule has 1 aromatic carbocycles. The molecule has 0 amide bonds. The van der Waals surface area contributed by atoms with Gasteiger partial charge in [0.15, 0.2) is 11.3 Å². The number of rotatable bonds is 9. The van der Waals surface area contributed by atoms with Gasteiger partial charge in [0.1, 0.15) is 11.6 Å². The van der Waals surface area contributed by atoms with Gasteiger partial charge in [-0.2, -0.15) is 4.41 Å². The number of benzene rings is 1. The minimum absolute atomic E-state index is 0.157. The van der Waals surface area contributed by atoms with Crippen LogP contribution < -0.4 is 14.7 Å². The van der Waals surface area contributed by atoms with Gasteiger partial charge in [-0.1, -0.05) is 13.8 Å². The molecular formula is C23H32N6O5S. The molecule has 0 spiro atoms. The molecule has 1 saturated heterocycles. The van der Waals surface area contributed by atoms with Gasteiger partial charge in [-0.15, -0.1) is 5.10 Å². The molecule has 1 aliphatic heterocycles. The summed E-state index contributed by atoms with van der Waals surface area (Å²) in [5.74, 6) is 1.70. The van der Waals surface area contributed by atoms with Crippen molar-refractivity contribution in [1.82, 2.24) is 24.6 Å². The van der Waals surface area contributed by atoms with Gasteiger partial charge in [-0.05, 0) is 44.9 Å². The third kappa shape index (κ3) is 4.96. The zero-order chi connectivity index (χ0) is 25.1. The Balaban J connectivity index is 1.89. The van der Waals surface area contributed by atoms with Crippen molar-refractivity contribution in [2.75, 3.05) is 37.3 Å². The first kappa shape index (κ1) is 25.3. The van der Waals surface area contributed by atoms with Gasteiger partial charge in [0.05, 0.1) is 36.8 Å². The molecule has 1 fully saturated rings. The highest BCUT2D eigenvalue weighted by atomic mass is 32.2. The molecule has 12 heteroatoms. The quantitative estimate of drug-likeness (QED) is 0.426. The van der Waals surface area contributed by atoms with Crippen molar-refractivity contribution in [2.24, 2.45) is 0 Å². The molecule has 3 heterocycles. The van der Waals surface area contributed by atoms with Crippen molar-refractivity contribution in [2.45, 2.75) is 46.5 Å². The Morgan fingerprint density at radius 1 is 1.26 bits per heavy atom. The minimum atomic E-state index is -2.31. The Morgan fingerprint density at radius 2 is 1.97 bits per heavy atom. The number of imidazole rings is 1. The van der Waals surface area contributed by atoms with Crippen LogP contribution in [0, 0.1) is 6.92 Å². The summed E-state index contributed by atoms with van der Waals surface area (Å²) >= 11 is -2.31. The zero-order valence-electron chi connectivity index (χ0n) is 20.5. The number of hydrogen-bond acceptors (Lipinski definition) is 7. The highest BCUT2D eigenvalue weighted by molar-refractivity contribution is 7.80. The van der Waals surface area contributed by atoms with Crippen LogP contribution in [-0.4, -0.2) is 66.3 Å². The summed E-state index contributed by atoms with van der Waals surface area (Å²) in [7, 11) is 0. The number of morpholine rings is 1. The lowest BCUT2D eigenvalue weighted by molar-refractivity contribution is 0.0407. The average Bonchev–Trinajstić information content (AvgIpc) is 3.18. The Labute approximate surface area is 206 Å². The topological polar surface area (TPSA) is 125 Å². The van der Waals surface area contributed by atoms with E-state index in [0.29, 0.717) is 66.9 Å². The van der Waals surface area contributed by atoms with Crippen molar-refractivity contribution in [3.05, 3.63) is 40.1 Å². The number of aryl methyl sites for hydroxylation is 1. The summed E-state index contributed by atoms with van der Waals surface area (Å²) in [5, 5.41) is 6.54. The van der Waals surface area contributed by atoms with Gasteiger partial charge >= 0.3 is 0 Å². The molecule has 3 aromatic rings. The molecule has 1 atom stereocenters. The summed E-state index contributed by atoms with van der Waals surface area (Å²) in [6, 6.07) is 5.14. The summed E-state index contributed by atoms with van der Waals surface area (Å²) in [6.45, 7) is 10.1. The van der Waals surface area contributed by atoms with Gasteiger partial charge in [-0.3, -0.25) is 9.35 Å². The van der Waals surface area contributed by atoms with Crippen molar-refractivity contribution < 1.29 is 18.2 Å². The minimum Gasteiger partial charge on any atom is -0.493 e. The number of anilines is 1. The van der Waals surface area contributed by atoms with Crippen LogP contribution in [0.2, 0.25) is 0 Å².